The minimum atomic E-state index is -1.14. The fourth-order valence-corrected chi connectivity index (χ4v) is 3.93. The zero-order valence-corrected chi connectivity index (χ0v) is 18.5. The van der Waals surface area contributed by atoms with Gasteiger partial charge in [-0.1, -0.05) is 11.6 Å². The van der Waals surface area contributed by atoms with E-state index in [-0.39, 0.29) is 22.4 Å². The van der Waals surface area contributed by atoms with Crippen molar-refractivity contribution in [2.24, 2.45) is 4.99 Å². The van der Waals surface area contributed by atoms with Gasteiger partial charge in [0.25, 0.3) is 5.91 Å². The number of methoxy groups -OCH3 is 2. The van der Waals surface area contributed by atoms with E-state index in [0.717, 1.165) is 5.75 Å². The van der Waals surface area contributed by atoms with E-state index in [4.69, 9.17) is 30.9 Å². The van der Waals surface area contributed by atoms with Crippen LogP contribution < -0.4 is 14.2 Å². The number of amidine groups is 1. The van der Waals surface area contributed by atoms with Gasteiger partial charge in [-0.25, -0.2) is 9.79 Å². The largest absolute Gasteiger partial charge is 0.497 e. The Morgan fingerprint density at radius 2 is 1.94 bits per heavy atom. The SMILES string of the molecule is COc1ccc(N=C2SC(=Cc3cc(Cl)c(OCC(=O)O)c(OC)c3)C(=O)N2C)cc1. The van der Waals surface area contributed by atoms with Crippen molar-refractivity contribution >= 4 is 52.2 Å². The van der Waals surface area contributed by atoms with Gasteiger partial charge in [0.05, 0.1) is 29.8 Å². The molecule has 1 N–H and O–H groups in total. The topological polar surface area (TPSA) is 97.7 Å². The quantitative estimate of drug-likeness (QED) is 0.619. The molecular weight excluding hydrogens is 444 g/mol. The Morgan fingerprint density at radius 1 is 1.23 bits per heavy atom. The van der Waals surface area contributed by atoms with Crippen molar-refractivity contribution in [3.8, 4) is 17.2 Å². The van der Waals surface area contributed by atoms with Crippen LogP contribution in [0.4, 0.5) is 5.69 Å². The number of likely N-dealkylation sites (N-methyl/N-ethyl adjacent to an activating group) is 1. The predicted molar refractivity (Wildman–Crippen MR) is 120 cm³/mol. The number of thioether (sulfide) groups is 1. The van der Waals surface area contributed by atoms with Crippen LogP contribution in [0.3, 0.4) is 0 Å². The Labute approximate surface area is 188 Å². The Morgan fingerprint density at radius 3 is 2.55 bits per heavy atom. The fourth-order valence-electron chi connectivity index (χ4n) is 2.67. The summed E-state index contributed by atoms with van der Waals surface area (Å²) in [6.07, 6.45) is 1.66. The predicted octanol–water partition coefficient (Wildman–Crippen LogP) is 4.05. The lowest BCUT2D eigenvalue weighted by Gasteiger charge is -2.12. The molecule has 1 amide bonds. The normalized spacial score (nSPS) is 16.1. The number of aliphatic carboxylic acids is 1. The minimum Gasteiger partial charge on any atom is -0.497 e. The number of carbonyl (C=O) groups is 2. The van der Waals surface area contributed by atoms with Crippen LogP contribution in [0.2, 0.25) is 5.02 Å². The standard InChI is InChI=1S/C21H19ClN2O6S/c1-24-20(27)17(31-21(24)23-13-4-6-14(28-2)7-5-13)10-12-8-15(22)19(16(9-12)29-3)30-11-18(25)26/h4-10H,11H2,1-3H3,(H,25,26). The highest BCUT2D eigenvalue weighted by molar-refractivity contribution is 8.18. The van der Waals surface area contributed by atoms with E-state index in [1.165, 1.54) is 23.8 Å². The molecule has 31 heavy (non-hydrogen) atoms. The van der Waals surface area contributed by atoms with Crippen LogP contribution >= 0.6 is 23.4 Å². The first-order chi connectivity index (χ1) is 14.8. The lowest BCUT2D eigenvalue weighted by molar-refractivity contribution is -0.139. The molecule has 2 aromatic rings. The fraction of sp³-hybridized carbons (Fsp3) is 0.190. The number of hydrogen-bond donors (Lipinski definition) is 1. The summed E-state index contributed by atoms with van der Waals surface area (Å²) in [7, 11) is 4.65. The first kappa shape index (κ1) is 22.5. The van der Waals surface area contributed by atoms with Crippen molar-refractivity contribution in [3.63, 3.8) is 0 Å². The second kappa shape index (κ2) is 9.76. The summed E-state index contributed by atoms with van der Waals surface area (Å²) in [4.78, 5) is 29.9. The molecular formula is C21H19ClN2O6S. The van der Waals surface area contributed by atoms with E-state index >= 15 is 0 Å². The number of hydrogen-bond acceptors (Lipinski definition) is 7. The maximum absolute atomic E-state index is 12.7. The summed E-state index contributed by atoms with van der Waals surface area (Å²) >= 11 is 7.47. The molecule has 8 nitrogen and oxygen atoms in total. The van der Waals surface area contributed by atoms with Gasteiger partial charge in [-0.2, -0.15) is 0 Å². The van der Waals surface area contributed by atoms with Gasteiger partial charge in [0.1, 0.15) is 5.75 Å². The van der Waals surface area contributed by atoms with Crippen LogP contribution in [-0.2, 0) is 9.59 Å². The van der Waals surface area contributed by atoms with Gasteiger partial charge in [0, 0.05) is 7.05 Å². The Balaban J connectivity index is 1.87. The number of carboxylic acid groups (broad SMARTS) is 1. The molecule has 1 saturated heterocycles. The number of ether oxygens (including phenoxy) is 3. The number of carboxylic acids is 1. The zero-order chi connectivity index (χ0) is 22.5. The van der Waals surface area contributed by atoms with Gasteiger partial charge in [-0.05, 0) is 59.8 Å². The van der Waals surface area contributed by atoms with Crippen LogP contribution in [-0.4, -0.2) is 54.9 Å². The van der Waals surface area contributed by atoms with E-state index in [0.29, 0.717) is 21.3 Å². The van der Waals surface area contributed by atoms with Gasteiger partial charge in [-0.15, -0.1) is 0 Å². The molecule has 0 atom stereocenters. The van der Waals surface area contributed by atoms with E-state index < -0.39 is 12.6 Å². The third kappa shape index (κ3) is 5.31. The molecule has 10 heteroatoms. The van der Waals surface area contributed by atoms with Crippen LogP contribution in [0, 0.1) is 0 Å². The van der Waals surface area contributed by atoms with Crippen molar-refractivity contribution in [3.05, 3.63) is 51.9 Å². The molecule has 1 aliphatic rings. The van der Waals surface area contributed by atoms with Crippen LogP contribution in [0.5, 0.6) is 17.2 Å². The first-order valence-electron chi connectivity index (χ1n) is 8.95. The Hall–Kier alpha value is -3.17. The van der Waals surface area contributed by atoms with Crippen molar-refractivity contribution < 1.29 is 28.9 Å². The number of nitrogens with zero attached hydrogens (tertiary/aromatic N) is 2. The second-order valence-electron chi connectivity index (χ2n) is 6.28. The second-order valence-corrected chi connectivity index (χ2v) is 7.70. The van der Waals surface area contributed by atoms with E-state index in [2.05, 4.69) is 4.99 Å². The number of carbonyl (C=O) groups excluding carboxylic acids is 1. The highest BCUT2D eigenvalue weighted by Crippen LogP contribution is 2.39. The molecule has 0 aromatic heterocycles. The van der Waals surface area contributed by atoms with Gasteiger partial charge < -0.3 is 19.3 Å². The molecule has 1 heterocycles. The molecule has 0 bridgehead atoms. The molecule has 1 fully saturated rings. The van der Waals surface area contributed by atoms with Crippen molar-refractivity contribution in [1.29, 1.82) is 0 Å². The van der Waals surface area contributed by atoms with Crippen LogP contribution in [0.1, 0.15) is 5.56 Å². The molecule has 0 radical (unpaired) electrons. The number of halogens is 1. The summed E-state index contributed by atoms with van der Waals surface area (Å²) in [5.41, 5.74) is 1.29. The minimum absolute atomic E-state index is 0.123. The average Bonchev–Trinajstić information content (AvgIpc) is 3.00. The smallest absolute Gasteiger partial charge is 0.341 e. The molecule has 2 aromatic carbocycles. The first-order valence-corrected chi connectivity index (χ1v) is 10.1. The van der Waals surface area contributed by atoms with Crippen LogP contribution in [0.15, 0.2) is 46.3 Å². The van der Waals surface area contributed by atoms with E-state index in [1.54, 1.807) is 56.6 Å². The van der Waals surface area contributed by atoms with E-state index in [1.807, 2.05) is 0 Å². The average molecular weight is 463 g/mol. The number of aliphatic imine (C=N–C) groups is 1. The summed E-state index contributed by atoms with van der Waals surface area (Å²) in [6, 6.07) is 10.4. The van der Waals surface area contributed by atoms with Gasteiger partial charge >= 0.3 is 5.97 Å². The summed E-state index contributed by atoms with van der Waals surface area (Å²) < 4.78 is 15.6. The molecule has 0 unspecified atom stereocenters. The Kier molecular flexibility index (Phi) is 7.09. The lowest BCUT2D eigenvalue weighted by atomic mass is 10.2. The number of rotatable bonds is 7. The summed E-state index contributed by atoms with van der Waals surface area (Å²) in [6.45, 7) is -0.555. The van der Waals surface area contributed by atoms with Crippen molar-refractivity contribution in [2.75, 3.05) is 27.9 Å². The number of amides is 1. The molecule has 162 valence electrons. The zero-order valence-electron chi connectivity index (χ0n) is 16.9. The van der Waals surface area contributed by atoms with Gasteiger partial charge in [0.2, 0.25) is 0 Å². The molecule has 0 saturated carbocycles. The summed E-state index contributed by atoms with van der Waals surface area (Å²) in [5, 5.41) is 9.50. The Bertz CT molecular complexity index is 1070. The molecule has 1 aliphatic heterocycles. The van der Waals surface area contributed by atoms with Crippen LogP contribution in [0.25, 0.3) is 6.08 Å². The summed E-state index contributed by atoms with van der Waals surface area (Å²) in [5.74, 6) is -0.244. The lowest BCUT2D eigenvalue weighted by Crippen LogP contribution is -2.23. The molecule has 0 aliphatic carbocycles. The third-order valence-electron chi connectivity index (χ3n) is 4.19. The number of benzene rings is 2. The maximum Gasteiger partial charge on any atom is 0.341 e. The third-order valence-corrected chi connectivity index (χ3v) is 5.53. The van der Waals surface area contributed by atoms with Crippen molar-refractivity contribution in [1.82, 2.24) is 4.90 Å². The molecule has 3 rings (SSSR count). The monoisotopic (exact) mass is 462 g/mol. The van der Waals surface area contributed by atoms with Crippen molar-refractivity contribution in [2.45, 2.75) is 0 Å². The van der Waals surface area contributed by atoms with E-state index in [9.17, 15) is 9.59 Å². The van der Waals surface area contributed by atoms with Gasteiger partial charge in [-0.3, -0.25) is 9.69 Å². The maximum atomic E-state index is 12.7. The van der Waals surface area contributed by atoms with Gasteiger partial charge in [0.15, 0.2) is 23.3 Å². The highest BCUT2D eigenvalue weighted by Gasteiger charge is 2.30. The highest BCUT2D eigenvalue weighted by atomic mass is 35.5. The molecule has 0 spiro atoms.